The number of anilines is 3. The van der Waals surface area contributed by atoms with Crippen LogP contribution < -0.4 is 10.2 Å². The zero-order valence-electron chi connectivity index (χ0n) is 12.7. The van der Waals surface area contributed by atoms with Gasteiger partial charge in [-0.2, -0.15) is 10.1 Å². The van der Waals surface area contributed by atoms with Crippen molar-refractivity contribution in [3.05, 3.63) is 35.0 Å². The minimum absolute atomic E-state index is 0.694. The molecule has 1 aliphatic heterocycles. The van der Waals surface area contributed by atoms with Crippen molar-refractivity contribution < 1.29 is 0 Å². The Kier molecular flexibility index (Phi) is 4.73. The van der Waals surface area contributed by atoms with Crippen molar-refractivity contribution in [1.29, 1.82) is 0 Å². The predicted octanol–water partition coefficient (Wildman–Crippen LogP) is 3.96. The first-order valence-corrected chi connectivity index (χ1v) is 8.08. The van der Waals surface area contributed by atoms with Gasteiger partial charge in [0.05, 0.1) is 6.20 Å². The van der Waals surface area contributed by atoms with Gasteiger partial charge in [0.15, 0.2) is 5.82 Å². The molecule has 5 nitrogen and oxygen atoms in total. The standard InChI is InChI=1S/C16H20ClN5/c1-12-6-7-13(17)10-14(12)19-15-11-18-21-16(20-15)22-8-4-2-3-5-9-22/h6-7,10-11H,2-5,8-9H2,1H3,(H,19,20,21). The van der Waals surface area contributed by atoms with E-state index in [9.17, 15) is 0 Å². The van der Waals surface area contributed by atoms with Gasteiger partial charge in [0.1, 0.15) is 0 Å². The van der Waals surface area contributed by atoms with E-state index in [1.165, 1.54) is 25.7 Å². The minimum atomic E-state index is 0.694. The quantitative estimate of drug-likeness (QED) is 0.928. The highest BCUT2D eigenvalue weighted by molar-refractivity contribution is 6.30. The fourth-order valence-electron chi connectivity index (χ4n) is 2.63. The number of aryl methyl sites for hydroxylation is 1. The number of nitrogens with one attached hydrogen (secondary N) is 1. The van der Waals surface area contributed by atoms with Crippen LogP contribution in [0.15, 0.2) is 24.4 Å². The maximum Gasteiger partial charge on any atom is 0.247 e. The summed E-state index contributed by atoms with van der Waals surface area (Å²) in [6, 6.07) is 5.75. The van der Waals surface area contributed by atoms with Gasteiger partial charge in [-0.25, -0.2) is 0 Å². The summed E-state index contributed by atoms with van der Waals surface area (Å²) < 4.78 is 0. The minimum Gasteiger partial charge on any atom is -0.339 e. The molecule has 1 aliphatic rings. The van der Waals surface area contributed by atoms with Crippen molar-refractivity contribution in [1.82, 2.24) is 15.2 Å². The van der Waals surface area contributed by atoms with Gasteiger partial charge in [0.2, 0.25) is 5.95 Å². The van der Waals surface area contributed by atoms with E-state index in [0.717, 1.165) is 24.3 Å². The summed E-state index contributed by atoms with van der Waals surface area (Å²) in [6.07, 6.45) is 6.58. The van der Waals surface area contributed by atoms with Crippen LogP contribution in [0.4, 0.5) is 17.5 Å². The third-order valence-corrected chi connectivity index (χ3v) is 4.13. The van der Waals surface area contributed by atoms with Crippen molar-refractivity contribution >= 4 is 29.1 Å². The second-order valence-electron chi connectivity index (χ2n) is 5.63. The fraction of sp³-hybridized carbons (Fsp3) is 0.438. The number of benzene rings is 1. The Morgan fingerprint density at radius 1 is 1.14 bits per heavy atom. The Morgan fingerprint density at radius 3 is 2.68 bits per heavy atom. The van der Waals surface area contributed by atoms with Gasteiger partial charge in [0.25, 0.3) is 0 Å². The molecule has 0 amide bonds. The molecule has 6 heteroatoms. The van der Waals surface area contributed by atoms with E-state index in [2.05, 4.69) is 25.4 Å². The van der Waals surface area contributed by atoms with E-state index >= 15 is 0 Å². The molecule has 3 rings (SSSR count). The van der Waals surface area contributed by atoms with E-state index in [-0.39, 0.29) is 0 Å². The Balaban J connectivity index is 1.80. The van der Waals surface area contributed by atoms with E-state index in [4.69, 9.17) is 11.6 Å². The van der Waals surface area contributed by atoms with Crippen molar-refractivity contribution in [2.75, 3.05) is 23.3 Å². The summed E-state index contributed by atoms with van der Waals surface area (Å²) in [7, 11) is 0. The molecule has 116 valence electrons. The van der Waals surface area contributed by atoms with Crippen LogP contribution in [0.25, 0.3) is 0 Å². The number of halogens is 1. The molecule has 0 atom stereocenters. The Bertz CT molecular complexity index is 638. The zero-order valence-corrected chi connectivity index (χ0v) is 13.5. The highest BCUT2D eigenvalue weighted by atomic mass is 35.5. The first-order valence-electron chi connectivity index (χ1n) is 7.70. The number of nitrogens with zero attached hydrogens (tertiary/aromatic N) is 4. The maximum atomic E-state index is 6.06. The second-order valence-corrected chi connectivity index (χ2v) is 6.06. The number of hydrogen-bond donors (Lipinski definition) is 1. The molecule has 0 spiro atoms. The lowest BCUT2D eigenvalue weighted by molar-refractivity contribution is 0.726. The van der Waals surface area contributed by atoms with Crippen LogP contribution in [0.2, 0.25) is 5.02 Å². The summed E-state index contributed by atoms with van der Waals surface area (Å²) in [5.41, 5.74) is 2.05. The van der Waals surface area contributed by atoms with Crippen LogP contribution in [0.3, 0.4) is 0 Å². The molecule has 0 saturated carbocycles. The first-order chi connectivity index (χ1) is 10.7. The van der Waals surface area contributed by atoms with Crippen LogP contribution in [-0.4, -0.2) is 28.3 Å². The van der Waals surface area contributed by atoms with Gasteiger partial charge in [-0.15, -0.1) is 5.10 Å². The molecule has 2 aromatic rings. The van der Waals surface area contributed by atoms with Gasteiger partial charge < -0.3 is 10.2 Å². The Labute approximate surface area is 135 Å². The van der Waals surface area contributed by atoms with Gasteiger partial charge in [-0.3, -0.25) is 0 Å². The number of rotatable bonds is 3. The van der Waals surface area contributed by atoms with Crippen LogP contribution in [0.5, 0.6) is 0 Å². The van der Waals surface area contributed by atoms with Crippen LogP contribution in [0.1, 0.15) is 31.2 Å². The molecular formula is C16H20ClN5. The van der Waals surface area contributed by atoms with Crippen molar-refractivity contribution in [2.24, 2.45) is 0 Å². The molecule has 1 aromatic carbocycles. The van der Waals surface area contributed by atoms with E-state index in [1.54, 1.807) is 6.20 Å². The summed E-state index contributed by atoms with van der Waals surface area (Å²) in [4.78, 5) is 6.82. The second kappa shape index (κ2) is 6.92. The molecule has 2 heterocycles. The summed E-state index contributed by atoms with van der Waals surface area (Å²) in [6.45, 7) is 4.03. The maximum absolute atomic E-state index is 6.06. The van der Waals surface area contributed by atoms with Crippen LogP contribution in [-0.2, 0) is 0 Å². The van der Waals surface area contributed by atoms with Gasteiger partial charge >= 0.3 is 0 Å². The average Bonchev–Trinajstić information content (AvgIpc) is 2.80. The van der Waals surface area contributed by atoms with Crippen LogP contribution >= 0.6 is 11.6 Å². The monoisotopic (exact) mass is 317 g/mol. The molecule has 1 aromatic heterocycles. The van der Waals surface area contributed by atoms with E-state index in [1.807, 2.05) is 25.1 Å². The average molecular weight is 318 g/mol. The van der Waals surface area contributed by atoms with Gasteiger partial charge in [-0.05, 0) is 37.5 Å². The predicted molar refractivity (Wildman–Crippen MR) is 90.0 cm³/mol. The lowest BCUT2D eigenvalue weighted by atomic mass is 10.2. The largest absolute Gasteiger partial charge is 0.339 e. The van der Waals surface area contributed by atoms with E-state index in [0.29, 0.717) is 16.8 Å². The van der Waals surface area contributed by atoms with Gasteiger partial charge in [-0.1, -0.05) is 30.5 Å². The molecule has 1 saturated heterocycles. The zero-order chi connectivity index (χ0) is 15.4. The lowest BCUT2D eigenvalue weighted by Gasteiger charge is -2.20. The third kappa shape index (κ3) is 3.65. The summed E-state index contributed by atoms with van der Waals surface area (Å²) in [5, 5.41) is 12.3. The van der Waals surface area contributed by atoms with Gasteiger partial charge in [0, 0.05) is 23.8 Å². The van der Waals surface area contributed by atoms with Crippen molar-refractivity contribution in [2.45, 2.75) is 32.6 Å². The molecule has 0 unspecified atom stereocenters. The fourth-order valence-corrected chi connectivity index (χ4v) is 2.80. The highest BCUT2D eigenvalue weighted by Crippen LogP contribution is 2.24. The third-order valence-electron chi connectivity index (χ3n) is 3.90. The van der Waals surface area contributed by atoms with Crippen molar-refractivity contribution in [3.63, 3.8) is 0 Å². The first kappa shape index (κ1) is 15.0. The normalized spacial score (nSPS) is 15.5. The number of aromatic nitrogens is 3. The lowest BCUT2D eigenvalue weighted by Crippen LogP contribution is -2.26. The summed E-state index contributed by atoms with van der Waals surface area (Å²) >= 11 is 6.06. The SMILES string of the molecule is Cc1ccc(Cl)cc1Nc1cnnc(N2CCCCCC2)n1. The molecule has 0 aliphatic carbocycles. The smallest absolute Gasteiger partial charge is 0.247 e. The molecule has 1 fully saturated rings. The Hall–Kier alpha value is -1.88. The number of hydrogen-bond acceptors (Lipinski definition) is 5. The van der Waals surface area contributed by atoms with E-state index < -0.39 is 0 Å². The highest BCUT2D eigenvalue weighted by Gasteiger charge is 2.13. The molecule has 0 radical (unpaired) electrons. The van der Waals surface area contributed by atoms with Crippen LogP contribution in [0, 0.1) is 6.92 Å². The molecular weight excluding hydrogens is 298 g/mol. The Morgan fingerprint density at radius 2 is 1.91 bits per heavy atom. The topological polar surface area (TPSA) is 53.9 Å². The molecule has 22 heavy (non-hydrogen) atoms. The molecule has 0 bridgehead atoms. The van der Waals surface area contributed by atoms with Crippen molar-refractivity contribution in [3.8, 4) is 0 Å². The summed E-state index contributed by atoms with van der Waals surface area (Å²) in [5.74, 6) is 1.39. The molecule has 1 N–H and O–H groups in total.